The molecule has 6 heteroatoms. The summed E-state index contributed by atoms with van der Waals surface area (Å²) in [5.41, 5.74) is 2.04. The molecule has 0 amide bonds. The lowest BCUT2D eigenvalue weighted by Crippen LogP contribution is -2.50. The van der Waals surface area contributed by atoms with Crippen molar-refractivity contribution < 1.29 is 14.2 Å². The first kappa shape index (κ1) is 19.4. The lowest BCUT2D eigenvalue weighted by molar-refractivity contribution is 0.00462. The van der Waals surface area contributed by atoms with Gasteiger partial charge in [-0.3, -0.25) is 9.88 Å². The summed E-state index contributed by atoms with van der Waals surface area (Å²) >= 11 is 0. The third-order valence-corrected chi connectivity index (χ3v) is 5.72. The molecule has 0 bridgehead atoms. The Kier molecular flexibility index (Phi) is 6.62. The Hall–Kier alpha value is -1.89. The minimum absolute atomic E-state index is 0.453. The fourth-order valence-electron chi connectivity index (χ4n) is 4.21. The molecule has 2 aliphatic rings. The van der Waals surface area contributed by atoms with Crippen molar-refractivity contribution in [3.8, 4) is 5.75 Å². The van der Waals surface area contributed by atoms with Crippen LogP contribution in [0, 0.1) is 5.92 Å². The van der Waals surface area contributed by atoms with Crippen molar-refractivity contribution in [2.45, 2.75) is 25.8 Å². The van der Waals surface area contributed by atoms with Crippen molar-refractivity contribution in [3.63, 3.8) is 0 Å². The summed E-state index contributed by atoms with van der Waals surface area (Å²) in [5.74, 6) is 1.43. The maximum absolute atomic E-state index is 5.90. The van der Waals surface area contributed by atoms with Gasteiger partial charge in [0.05, 0.1) is 26.4 Å². The van der Waals surface area contributed by atoms with E-state index in [1.165, 1.54) is 0 Å². The fourth-order valence-corrected chi connectivity index (χ4v) is 4.21. The predicted octanol–water partition coefficient (Wildman–Crippen LogP) is 3.17. The van der Waals surface area contributed by atoms with Gasteiger partial charge in [0.1, 0.15) is 11.3 Å². The average molecular weight is 386 g/mol. The molecular weight excluding hydrogens is 354 g/mol. The summed E-state index contributed by atoms with van der Waals surface area (Å²) in [6.45, 7) is 9.08. The molecule has 2 aliphatic heterocycles. The number of fused-ring (bicyclic) bond motifs is 1. The topological polar surface area (TPSA) is 55.8 Å². The maximum atomic E-state index is 5.90. The third-order valence-electron chi connectivity index (χ3n) is 5.72. The van der Waals surface area contributed by atoms with Crippen LogP contribution in [0.3, 0.4) is 0 Å². The van der Waals surface area contributed by atoms with Gasteiger partial charge in [-0.15, -0.1) is 0 Å². The minimum Gasteiger partial charge on any atom is -0.491 e. The number of hydrogen-bond donors (Lipinski definition) is 1. The molecule has 0 spiro atoms. The number of anilines is 1. The highest BCUT2D eigenvalue weighted by Crippen LogP contribution is 2.30. The van der Waals surface area contributed by atoms with E-state index in [4.69, 9.17) is 14.2 Å². The molecular formula is C22H31N3O3. The summed E-state index contributed by atoms with van der Waals surface area (Å²) in [6.07, 6.45) is 3.99. The molecule has 6 nitrogen and oxygen atoms in total. The zero-order valence-electron chi connectivity index (χ0n) is 16.7. The molecule has 0 radical (unpaired) electrons. The maximum Gasteiger partial charge on any atom is 0.145 e. The van der Waals surface area contributed by atoms with Crippen LogP contribution in [-0.4, -0.2) is 68.6 Å². The van der Waals surface area contributed by atoms with Crippen molar-refractivity contribution >= 4 is 16.6 Å². The number of morpholine rings is 1. The van der Waals surface area contributed by atoms with E-state index in [2.05, 4.69) is 34.3 Å². The second-order valence-corrected chi connectivity index (χ2v) is 7.58. The van der Waals surface area contributed by atoms with Crippen LogP contribution in [0.25, 0.3) is 10.9 Å². The molecule has 2 unspecified atom stereocenters. The zero-order valence-corrected chi connectivity index (χ0v) is 16.7. The van der Waals surface area contributed by atoms with Crippen molar-refractivity contribution in [1.29, 1.82) is 0 Å². The van der Waals surface area contributed by atoms with Gasteiger partial charge in [-0.1, -0.05) is 19.1 Å². The Balaban J connectivity index is 1.52. The van der Waals surface area contributed by atoms with Crippen LogP contribution in [0.15, 0.2) is 30.5 Å². The summed E-state index contributed by atoms with van der Waals surface area (Å²) in [6, 6.07) is 8.68. The standard InChI is InChI=1S/C22H31N3O3/c1-2-11-28-21-5-3-4-18-19(6-8-23-22(18)21)24-15-20(17-7-12-27-16-17)25-9-13-26-14-10-25/h3-6,8,17,20H,2,7,9-16H2,1H3,(H,23,24). The van der Waals surface area contributed by atoms with Gasteiger partial charge >= 0.3 is 0 Å². The van der Waals surface area contributed by atoms with Crippen molar-refractivity contribution in [2.75, 3.05) is 58.0 Å². The van der Waals surface area contributed by atoms with Gasteiger partial charge in [0.25, 0.3) is 0 Å². The summed E-state index contributed by atoms with van der Waals surface area (Å²) in [7, 11) is 0. The van der Waals surface area contributed by atoms with Crippen LogP contribution in [0.2, 0.25) is 0 Å². The number of nitrogens with one attached hydrogen (secondary N) is 1. The van der Waals surface area contributed by atoms with Crippen LogP contribution in [0.1, 0.15) is 19.8 Å². The van der Waals surface area contributed by atoms with E-state index < -0.39 is 0 Å². The number of aromatic nitrogens is 1. The molecule has 2 aromatic rings. The Morgan fingerprint density at radius 3 is 2.89 bits per heavy atom. The van der Waals surface area contributed by atoms with E-state index in [-0.39, 0.29) is 0 Å². The molecule has 1 N–H and O–H groups in total. The van der Waals surface area contributed by atoms with E-state index >= 15 is 0 Å². The second kappa shape index (κ2) is 9.54. The van der Waals surface area contributed by atoms with E-state index in [1.54, 1.807) is 0 Å². The van der Waals surface area contributed by atoms with Crippen LogP contribution in [0.5, 0.6) is 5.75 Å². The molecule has 1 aromatic carbocycles. The van der Waals surface area contributed by atoms with E-state index in [0.29, 0.717) is 18.6 Å². The van der Waals surface area contributed by atoms with Crippen LogP contribution >= 0.6 is 0 Å². The Bertz CT molecular complexity index is 758. The normalized spacial score (nSPS) is 21.7. The van der Waals surface area contributed by atoms with Crippen molar-refractivity contribution in [1.82, 2.24) is 9.88 Å². The molecule has 1 aromatic heterocycles. The molecule has 28 heavy (non-hydrogen) atoms. The molecule has 2 fully saturated rings. The van der Waals surface area contributed by atoms with Crippen LogP contribution < -0.4 is 10.1 Å². The first-order valence-corrected chi connectivity index (χ1v) is 10.5. The smallest absolute Gasteiger partial charge is 0.145 e. The fraction of sp³-hybridized carbons (Fsp3) is 0.591. The highest BCUT2D eigenvalue weighted by molar-refractivity contribution is 5.94. The number of para-hydroxylation sites is 1. The molecule has 0 saturated carbocycles. The van der Waals surface area contributed by atoms with E-state index in [9.17, 15) is 0 Å². The predicted molar refractivity (Wildman–Crippen MR) is 111 cm³/mol. The number of rotatable bonds is 8. The molecule has 152 valence electrons. The lowest BCUT2D eigenvalue weighted by atomic mass is 9.96. The van der Waals surface area contributed by atoms with Gasteiger partial charge in [0.15, 0.2) is 0 Å². The summed E-state index contributed by atoms with van der Waals surface area (Å²) < 4.78 is 17.2. The number of nitrogens with zero attached hydrogens (tertiary/aromatic N) is 2. The zero-order chi connectivity index (χ0) is 19.2. The Morgan fingerprint density at radius 2 is 2.11 bits per heavy atom. The summed E-state index contributed by atoms with van der Waals surface area (Å²) in [5, 5.41) is 4.82. The van der Waals surface area contributed by atoms with Gasteiger partial charge in [-0.25, -0.2) is 0 Å². The highest BCUT2D eigenvalue weighted by Gasteiger charge is 2.31. The third kappa shape index (κ3) is 4.40. The van der Waals surface area contributed by atoms with E-state index in [1.807, 2.05) is 18.3 Å². The van der Waals surface area contributed by atoms with Gasteiger partial charge in [-0.05, 0) is 25.0 Å². The molecule has 4 rings (SSSR count). The molecule has 3 heterocycles. The highest BCUT2D eigenvalue weighted by atomic mass is 16.5. The molecule has 0 aliphatic carbocycles. The average Bonchev–Trinajstić information content (AvgIpc) is 3.28. The first-order chi connectivity index (χ1) is 13.9. The molecule has 2 saturated heterocycles. The number of ether oxygens (including phenoxy) is 3. The van der Waals surface area contributed by atoms with Crippen molar-refractivity contribution in [2.24, 2.45) is 5.92 Å². The molecule has 2 atom stereocenters. The largest absolute Gasteiger partial charge is 0.491 e. The lowest BCUT2D eigenvalue weighted by Gasteiger charge is -2.37. The number of pyridine rings is 1. The number of hydrogen-bond acceptors (Lipinski definition) is 6. The Morgan fingerprint density at radius 1 is 1.21 bits per heavy atom. The first-order valence-electron chi connectivity index (χ1n) is 10.5. The second-order valence-electron chi connectivity index (χ2n) is 7.58. The van der Waals surface area contributed by atoms with E-state index in [0.717, 1.165) is 81.2 Å². The van der Waals surface area contributed by atoms with Crippen molar-refractivity contribution in [3.05, 3.63) is 30.5 Å². The number of benzene rings is 1. The van der Waals surface area contributed by atoms with Gasteiger partial charge < -0.3 is 19.5 Å². The van der Waals surface area contributed by atoms with Crippen LogP contribution in [-0.2, 0) is 9.47 Å². The SMILES string of the molecule is CCCOc1cccc2c(NCC(C3CCOC3)N3CCOCC3)ccnc12. The summed E-state index contributed by atoms with van der Waals surface area (Å²) in [4.78, 5) is 7.14. The van der Waals surface area contributed by atoms with Gasteiger partial charge in [-0.2, -0.15) is 0 Å². The quantitative estimate of drug-likeness (QED) is 0.753. The minimum atomic E-state index is 0.453. The van der Waals surface area contributed by atoms with Gasteiger partial charge in [0.2, 0.25) is 0 Å². The van der Waals surface area contributed by atoms with Crippen LogP contribution in [0.4, 0.5) is 5.69 Å². The Labute approximate surface area is 167 Å². The van der Waals surface area contributed by atoms with Gasteiger partial charge in [0, 0.05) is 55.5 Å². The monoisotopic (exact) mass is 385 g/mol.